The number of halogens is 1. The van der Waals surface area contributed by atoms with Crippen molar-refractivity contribution in [2.24, 2.45) is 5.41 Å². The van der Waals surface area contributed by atoms with Crippen molar-refractivity contribution in [3.8, 4) is 0 Å². The van der Waals surface area contributed by atoms with Crippen LogP contribution in [0, 0.1) is 11.2 Å². The van der Waals surface area contributed by atoms with E-state index in [2.05, 4.69) is 6.92 Å². The van der Waals surface area contributed by atoms with Gasteiger partial charge in [-0.1, -0.05) is 19.1 Å². The summed E-state index contributed by atoms with van der Waals surface area (Å²) in [5, 5.41) is 0. The van der Waals surface area contributed by atoms with Crippen molar-refractivity contribution in [3.05, 3.63) is 35.6 Å². The molecule has 0 amide bonds. The molecule has 1 aromatic rings. The van der Waals surface area contributed by atoms with Crippen LogP contribution in [-0.2, 0) is 5.41 Å². The van der Waals surface area contributed by atoms with E-state index in [0.29, 0.717) is 10.8 Å². The van der Waals surface area contributed by atoms with Gasteiger partial charge in [0.25, 0.3) is 0 Å². The van der Waals surface area contributed by atoms with Crippen molar-refractivity contribution in [2.75, 3.05) is 0 Å². The van der Waals surface area contributed by atoms with E-state index in [9.17, 15) is 4.39 Å². The van der Waals surface area contributed by atoms with Gasteiger partial charge in [-0.15, -0.1) is 0 Å². The van der Waals surface area contributed by atoms with E-state index < -0.39 is 0 Å². The van der Waals surface area contributed by atoms with Gasteiger partial charge in [0.2, 0.25) is 0 Å². The zero-order chi connectivity index (χ0) is 11.2. The zero-order valence-corrected chi connectivity index (χ0v) is 9.93. The Kier molecular flexibility index (Phi) is 2.14. The Labute approximate surface area is 96.9 Å². The molecule has 0 radical (unpaired) electrons. The average molecular weight is 218 g/mol. The SMILES string of the molecule is CC12CCC(c3ccc(F)cc3)(CC1)CC2. The molecule has 2 bridgehead atoms. The van der Waals surface area contributed by atoms with Crippen LogP contribution in [0.25, 0.3) is 0 Å². The molecule has 16 heavy (non-hydrogen) atoms. The molecule has 1 heteroatoms. The Bertz CT molecular complexity index is 366. The highest BCUT2D eigenvalue weighted by atomic mass is 19.1. The van der Waals surface area contributed by atoms with Crippen LogP contribution in [0.1, 0.15) is 51.0 Å². The molecule has 0 spiro atoms. The fourth-order valence-electron chi connectivity index (χ4n) is 3.61. The van der Waals surface area contributed by atoms with Gasteiger partial charge < -0.3 is 0 Å². The predicted octanol–water partition coefficient (Wildman–Crippen LogP) is 4.44. The monoisotopic (exact) mass is 218 g/mol. The highest BCUT2D eigenvalue weighted by Gasteiger charge is 2.46. The van der Waals surface area contributed by atoms with Crippen LogP contribution in [0.5, 0.6) is 0 Å². The summed E-state index contributed by atoms with van der Waals surface area (Å²) in [6, 6.07) is 7.24. The molecule has 3 saturated carbocycles. The largest absolute Gasteiger partial charge is 0.207 e. The molecule has 0 aliphatic heterocycles. The molecule has 0 nitrogen and oxygen atoms in total. The smallest absolute Gasteiger partial charge is 0.123 e. The molecular formula is C15H19F. The van der Waals surface area contributed by atoms with Crippen LogP contribution in [0.3, 0.4) is 0 Å². The second kappa shape index (κ2) is 3.32. The lowest BCUT2D eigenvalue weighted by Gasteiger charge is -2.52. The van der Waals surface area contributed by atoms with Crippen molar-refractivity contribution in [1.82, 2.24) is 0 Å². The van der Waals surface area contributed by atoms with Gasteiger partial charge in [-0.3, -0.25) is 0 Å². The molecule has 3 aliphatic carbocycles. The van der Waals surface area contributed by atoms with Crippen LogP contribution < -0.4 is 0 Å². The third-order valence-electron chi connectivity index (χ3n) is 5.08. The first kappa shape index (κ1) is 10.3. The van der Waals surface area contributed by atoms with Crippen LogP contribution in [0.4, 0.5) is 4.39 Å². The van der Waals surface area contributed by atoms with E-state index >= 15 is 0 Å². The van der Waals surface area contributed by atoms with Crippen LogP contribution in [0.15, 0.2) is 24.3 Å². The molecule has 0 saturated heterocycles. The highest BCUT2D eigenvalue weighted by molar-refractivity contribution is 5.28. The first-order chi connectivity index (χ1) is 7.62. The predicted molar refractivity (Wildman–Crippen MR) is 63.9 cm³/mol. The Morgan fingerprint density at radius 3 is 1.88 bits per heavy atom. The quantitative estimate of drug-likeness (QED) is 0.653. The zero-order valence-electron chi connectivity index (χ0n) is 9.93. The Morgan fingerprint density at radius 1 is 0.875 bits per heavy atom. The number of hydrogen-bond donors (Lipinski definition) is 0. The highest BCUT2D eigenvalue weighted by Crippen LogP contribution is 2.57. The molecule has 4 rings (SSSR count). The first-order valence-corrected chi connectivity index (χ1v) is 6.38. The van der Waals surface area contributed by atoms with Crippen molar-refractivity contribution in [1.29, 1.82) is 0 Å². The van der Waals surface area contributed by atoms with Crippen molar-refractivity contribution in [2.45, 2.75) is 50.9 Å². The topological polar surface area (TPSA) is 0 Å². The normalized spacial score (nSPS) is 37.6. The van der Waals surface area contributed by atoms with Gasteiger partial charge in [0.05, 0.1) is 0 Å². The summed E-state index contributed by atoms with van der Waals surface area (Å²) in [6.07, 6.45) is 7.96. The van der Waals surface area contributed by atoms with Crippen LogP contribution >= 0.6 is 0 Å². The van der Waals surface area contributed by atoms with Gasteiger partial charge in [-0.2, -0.15) is 0 Å². The summed E-state index contributed by atoms with van der Waals surface area (Å²) in [6.45, 7) is 2.43. The van der Waals surface area contributed by atoms with E-state index in [4.69, 9.17) is 0 Å². The number of hydrogen-bond acceptors (Lipinski definition) is 0. The molecule has 0 N–H and O–H groups in total. The molecule has 86 valence electrons. The number of benzene rings is 1. The molecule has 0 aromatic heterocycles. The second-order valence-electron chi connectivity index (χ2n) is 6.10. The standard InChI is InChI=1S/C15H19F/c1-14-6-9-15(10-7-14,11-8-14)12-2-4-13(16)5-3-12/h2-5H,6-11H2,1H3. The van der Waals surface area contributed by atoms with Gasteiger partial charge in [-0.05, 0) is 67.1 Å². The first-order valence-electron chi connectivity index (χ1n) is 6.38. The van der Waals surface area contributed by atoms with Gasteiger partial charge in [0.1, 0.15) is 5.82 Å². The summed E-state index contributed by atoms with van der Waals surface area (Å²) in [5.41, 5.74) is 2.36. The lowest BCUT2D eigenvalue weighted by molar-refractivity contribution is 0.0556. The molecule has 0 heterocycles. The van der Waals surface area contributed by atoms with Crippen molar-refractivity contribution >= 4 is 0 Å². The maximum Gasteiger partial charge on any atom is 0.123 e. The van der Waals surface area contributed by atoms with Gasteiger partial charge >= 0.3 is 0 Å². The third-order valence-corrected chi connectivity index (χ3v) is 5.08. The maximum absolute atomic E-state index is 13.0. The van der Waals surface area contributed by atoms with Crippen LogP contribution in [0.2, 0.25) is 0 Å². The molecule has 0 unspecified atom stereocenters. The Balaban J connectivity index is 1.92. The fourth-order valence-corrected chi connectivity index (χ4v) is 3.61. The van der Waals surface area contributed by atoms with E-state index in [1.54, 1.807) is 12.1 Å². The number of rotatable bonds is 1. The van der Waals surface area contributed by atoms with E-state index in [0.717, 1.165) is 0 Å². The number of fused-ring (bicyclic) bond motifs is 3. The molecule has 1 aromatic carbocycles. The summed E-state index contributed by atoms with van der Waals surface area (Å²) in [5.74, 6) is -0.114. The summed E-state index contributed by atoms with van der Waals surface area (Å²) in [4.78, 5) is 0. The summed E-state index contributed by atoms with van der Waals surface area (Å²) >= 11 is 0. The fraction of sp³-hybridized carbons (Fsp3) is 0.600. The minimum Gasteiger partial charge on any atom is -0.207 e. The van der Waals surface area contributed by atoms with Crippen LogP contribution in [-0.4, -0.2) is 0 Å². The molecular weight excluding hydrogens is 199 g/mol. The third kappa shape index (κ3) is 1.49. The summed E-state index contributed by atoms with van der Waals surface area (Å²) in [7, 11) is 0. The molecule has 0 atom stereocenters. The van der Waals surface area contributed by atoms with E-state index in [1.807, 2.05) is 12.1 Å². The van der Waals surface area contributed by atoms with Crippen molar-refractivity contribution < 1.29 is 4.39 Å². The Hall–Kier alpha value is -0.850. The van der Waals surface area contributed by atoms with E-state index in [1.165, 1.54) is 44.1 Å². The van der Waals surface area contributed by atoms with E-state index in [-0.39, 0.29) is 5.82 Å². The summed E-state index contributed by atoms with van der Waals surface area (Å²) < 4.78 is 13.0. The molecule has 3 aliphatic rings. The average Bonchev–Trinajstić information content (AvgIpc) is 2.31. The van der Waals surface area contributed by atoms with Gasteiger partial charge in [-0.25, -0.2) is 4.39 Å². The minimum atomic E-state index is -0.114. The van der Waals surface area contributed by atoms with Gasteiger partial charge in [0, 0.05) is 0 Å². The maximum atomic E-state index is 13.0. The lowest BCUT2D eigenvalue weighted by Crippen LogP contribution is -2.42. The Morgan fingerprint density at radius 2 is 1.38 bits per heavy atom. The minimum absolute atomic E-state index is 0.114. The second-order valence-corrected chi connectivity index (χ2v) is 6.10. The van der Waals surface area contributed by atoms with Crippen molar-refractivity contribution in [3.63, 3.8) is 0 Å². The van der Waals surface area contributed by atoms with Gasteiger partial charge in [0.15, 0.2) is 0 Å². The molecule has 3 fully saturated rings. The lowest BCUT2D eigenvalue weighted by atomic mass is 9.52.